The van der Waals surface area contributed by atoms with Crippen LogP contribution in [0.25, 0.3) is 0 Å². The normalized spacial score (nSPS) is 9.55. The van der Waals surface area contributed by atoms with Crippen LogP contribution in [0.3, 0.4) is 0 Å². The summed E-state index contributed by atoms with van der Waals surface area (Å²) in [6, 6.07) is 0. The maximum atomic E-state index is 10.2. The second-order valence-electron chi connectivity index (χ2n) is 4.71. The van der Waals surface area contributed by atoms with E-state index in [9.17, 15) is 8.42 Å². The summed E-state index contributed by atoms with van der Waals surface area (Å²) in [7, 11) is -1.83. The van der Waals surface area contributed by atoms with E-state index in [1.807, 2.05) is 0 Å². The molecule has 0 bridgehead atoms. The largest absolute Gasteiger partial charge is 1.00 e. The molecule has 0 radical (unpaired) electrons. The third-order valence-electron chi connectivity index (χ3n) is 2.66. The first kappa shape index (κ1) is 25.4. The Bertz CT molecular complexity index is 256. The maximum Gasteiger partial charge on any atom is 1.00 e. The molecule has 0 aromatic carbocycles. The van der Waals surface area contributed by atoms with Gasteiger partial charge in [-0.3, -0.25) is 4.79 Å². The molecule has 0 aliphatic rings. The number of hydrogen-bond acceptors (Lipinski definition) is 4. The van der Waals surface area contributed by atoms with Gasteiger partial charge < -0.3 is 13.5 Å². The molecule has 0 aromatic heterocycles. The summed E-state index contributed by atoms with van der Waals surface area (Å²) < 4.78 is 20.5. The van der Waals surface area contributed by atoms with Crippen LogP contribution in [0.15, 0.2) is 0 Å². The van der Waals surface area contributed by atoms with Gasteiger partial charge in [-0.2, -0.15) is 0 Å². The van der Waals surface area contributed by atoms with E-state index in [0.29, 0.717) is 5.75 Å². The van der Waals surface area contributed by atoms with Crippen LogP contribution in [-0.2, 0) is 23.9 Å². The fraction of sp³-hybridized carbons (Fsp3) is 0.929. The minimum Gasteiger partial charge on any atom is -0.481 e. The van der Waals surface area contributed by atoms with Gasteiger partial charge in [0.25, 0.3) is 5.97 Å². The molecule has 6 heteroatoms. The Morgan fingerprint density at radius 2 is 1.15 bits per heavy atom. The molecule has 0 aliphatic carbocycles. The van der Waals surface area contributed by atoms with E-state index >= 15 is 0 Å². The molecule has 0 unspecified atom stereocenters. The van der Waals surface area contributed by atoms with E-state index in [2.05, 4.69) is 6.92 Å². The number of rotatable bonds is 11. The van der Waals surface area contributed by atoms with Gasteiger partial charge in [0, 0.05) is 6.92 Å². The Kier molecular flexibility index (Phi) is 27.6. The summed E-state index contributed by atoms with van der Waals surface area (Å²) in [6.07, 6.45) is 12.5. The predicted octanol–water partition coefficient (Wildman–Crippen LogP) is 1.31. The summed E-state index contributed by atoms with van der Waals surface area (Å²) in [5.41, 5.74) is 0. The maximum absolute atomic E-state index is 10.2. The second-order valence-corrected chi connectivity index (χ2v) is 5.72. The van der Waals surface area contributed by atoms with Gasteiger partial charge in [-0.05, 0) is 0 Å². The minimum absolute atomic E-state index is 0. The van der Waals surface area contributed by atoms with Crippen molar-refractivity contribution < 1.29 is 47.9 Å². The smallest absolute Gasteiger partial charge is 0.481 e. The zero-order valence-corrected chi connectivity index (χ0v) is 16.2. The average molecular weight is 316 g/mol. The van der Waals surface area contributed by atoms with Crippen LogP contribution >= 0.6 is 0 Å². The molecule has 0 fully saturated rings. The molecule has 0 amide bonds. The summed E-state index contributed by atoms with van der Waals surface area (Å²) in [5, 5.41) is 7.42. The first-order valence-electron chi connectivity index (χ1n) is 7.26. The third kappa shape index (κ3) is 36.2. The number of carboxylic acid groups (broad SMARTS) is 1. The molecule has 0 rings (SSSR count). The van der Waals surface area contributed by atoms with Gasteiger partial charge in [0.2, 0.25) is 0 Å². The molecule has 0 aromatic rings. The Balaban J connectivity index is -0.000000508. The SMILES string of the molecule is CC(=O)O.CCCCCCCCCCCC[S-](=O)=O.[Na+]. The number of unbranched alkanes of at least 4 members (excludes halogenated alkanes) is 9. The van der Waals surface area contributed by atoms with Crippen molar-refractivity contribution in [2.24, 2.45) is 0 Å². The molecule has 0 saturated heterocycles. The molecular formula is C14H29NaO4S. The van der Waals surface area contributed by atoms with Gasteiger partial charge in [0.05, 0.1) is 0 Å². The predicted molar refractivity (Wildman–Crippen MR) is 78.8 cm³/mol. The topological polar surface area (TPSA) is 71.4 Å². The van der Waals surface area contributed by atoms with Gasteiger partial charge in [0.1, 0.15) is 0 Å². The van der Waals surface area contributed by atoms with E-state index in [0.717, 1.165) is 19.8 Å². The first-order chi connectivity index (χ1) is 9.00. The number of aliphatic carboxylic acids is 1. The zero-order chi connectivity index (χ0) is 14.9. The van der Waals surface area contributed by atoms with E-state index in [4.69, 9.17) is 9.90 Å². The van der Waals surface area contributed by atoms with Crippen LogP contribution in [-0.4, -0.2) is 16.8 Å². The number of carbonyl (C=O) groups is 1. The molecule has 0 aliphatic heterocycles. The number of carboxylic acids is 1. The van der Waals surface area contributed by atoms with Gasteiger partial charge >= 0.3 is 29.6 Å². The van der Waals surface area contributed by atoms with E-state index < -0.39 is 16.7 Å². The zero-order valence-electron chi connectivity index (χ0n) is 13.4. The second kappa shape index (κ2) is 21.7. The standard InChI is InChI=1S/C12H25O2S.C2H4O2.Na/c1-2-3-4-5-6-7-8-9-10-11-12-15(13)14;1-2(3)4;/h2-12H2,1H3;1H3,(H,3,4);/q-1;;+1. The van der Waals surface area contributed by atoms with Crippen molar-refractivity contribution >= 4 is 16.7 Å². The average Bonchev–Trinajstić information content (AvgIpc) is 2.30. The van der Waals surface area contributed by atoms with Gasteiger partial charge in [-0.25, -0.2) is 0 Å². The molecule has 116 valence electrons. The molecule has 0 saturated carbocycles. The molecule has 0 heterocycles. The third-order valence-corrected chi connectivity index (χ3v) is 3.29. The molecule has 1 N–H and O–H groups in total. The van der Waals surface area contributed by atoms with Crippen molar-refractivity contribution in [3.8, 4) is 0 Å². The molecule has 0 atom stereocenters. The summed E-state index contributed by atoms with van der Waals surface area (Å²) in [5.74, 6) is -0.490. The quantitative estimate of drug-likeness (QED) is 0.354. The fourth-order valence-corrected chi connectivity index (χ4v) is 2.15. The van der Waals surface area contributed by atoms with Crippen LogP contribution in [0.2, 0.25) is 0 Å². The molecule has 0 spiro atoms. The van der Waals surface area contributed by atoms with Crippen LogP contribution in [0.4, 0.5) is 0 Å². The fourth-order valence-electron chi connectivity index (χ4n) is 1.71. The Morgan fingerprint density at radius 3 is 1.45 bits per heavy atom. The van der Waals surface area contributed by atoms with Crippen molar-refractivity contribution in [2.45, 2.75) is 78.1 Å². The first-order valence-corrected chi connectivity index (χ1v) is 8.50. The van der Waals surface area contributed by atoms with Crippen LogP contribution in [0.1, 0.15) is 78.1 Å². The number of hydrogen-bond donors (Lipinski definition) is 1. The van der Waals surface area contributed by atoms with Crippen molar-refractivity contribution in [2.75, 3.05) is 5.75 Å². The summed E-state index contributed by atoms with van der Waals surface area (Å²) >= 11 is 0. The summed E-state index contributed by atoms with van der Waals surface area (Å²) in [6.45, 7) is 3.32. The molecule has 4 nitrogen and oxygen atoms in total. The Morgan fingerprint density at radius 1 is 0.850 bits per heavy atom. The van der Waals surface area contributed by atoms with Crippen LogP contribution in [0, 0.1) is 0 Å². The molecule has 20 heavy (non-hydrogen) atoms. The van der Waals surface area contributed by atoms with Crippen molar-refractivity contribution in [1.29, 1.82) is 0 Å². The summed E-state index contributed by atoms with van der Waals surface area (Å²) in [4.78, 5) is 9.00. The van der Waals surface area contributed by atoms with Gasteiger partial charge in [-0.15, -0.1) is 0 Å². The van der Waals surface area contributed by atoms with Crippen LogP contribution < -0.4 is 29.6 Å². The Labute approximate surface area is 148 Å². The Hall–Kier alpha value is 0.420. The monoisotopic (exact) mass is 316 g/mol. The van der Waals surface area contributed by atoms with Crippen molar-refractivity contribution in [3.05, 3.63) is 0 Å². The minimum atomic E-state index is -1.83. The van der Waals surface area contributed by atoms with Gasteiger partial charge in [-0.1, -0.05) is 87.6 Å². The van der Waals surface area contributed by atoms with Crippen molar-refractivity contribution in [1.82, 2.24) is 0 Å². The van der Waals surface area contributed by atoms with Crippen molar-refractivity contribution in [3.63, 3.8) is 0 Å². The van der Waals surface area contributed by atoms with E-state index in [1.165, 1.54) is 51.4 Å². The molecular weight excluding hydrogens is 287 g/mol. The van der Waals surface area contributed by atoms with E-state index in [-0.39, 0.29) is 29.6 Å². The van der Waals surface area contributed by atoms with Crippen LogP contribution in [0.5, 0.6) is 0 Å². The van der Waals surface area contributed by atoms with E-state index in [1.54, 1.807) is 0 Å². The van der Waals surface area contributed by atoms with Gasteiger partial charge in [0.15, 0.2) is 0 Å².